The van der Waals surface area contributed by atoms with Crippen LogP contribution in [0.5, 0.6) is 0 Å². The lowest BCUT2D eigenvalue weighted by molar-refractivity contribution is 0.599. The van der Waals surface area contributed by atoms with Crippen LogP contribution < -0.4 is 4.72 Å². The zero-order chi connectivity index (χ0) is 18.0. The highest BCUT2D eigenvalue weighted by Crippen LogP contribution is 2.27. The van der Waals surface area contributed by atoms with E-state index >= 15 is 0 Å². The Balaban J connectivity index is 1.64. The summed E-state index contributed by atoms with van der Waals surface area (Å²) in [5.41, 5.74) is 4.40. The van der Waals surface area contributed by atoms with Gasteiger partial charge in [-0.25, -0.2) is 8.42 Å². The molecule has 5 nitrogen and oxygen atoms in total. The Bertz CT molecular complexity index is 1030. The average molecular weight is 365 g/mol. The molecule has 1 N–H and O–H groups in total. The molecule has 0 amide bonds. The summed E-state index contributed by atoms with van der Waals surface area (Å²) >= 11 is 0. The van der Waals surface area contributed by atoms with E-state index in [0.29, 0.717) is 17.8 Å². The van der Waals surface area contributed by atoms with Crippen molar-refractivity contribution < 1.29 is 8.42 Å². The van der Waals surface area contributed by atoms with Gasteiger partial charge in [0.25, 0.3) is 10.0 Å². The molecule has 0 unspecified atom stereocenters. The SMILES string of the molecule is O=S(=O)(Nc1ccc2c(c1)CCC2)c1cccnc1Cc1ccccn1. The first-order chi connectivity index (χ1) is 12.6. The number of nitrogens with zero attached hydrogens (tertiary/aromatic N) is 2. The number of benzene rings is 1. The molecule has 0 radical (unpaired) electrons. The summed E-state index contributed by atoms with van der Waals surface area (Å²) in [6, 6.07) is 14.6. The summed E-state index contributed by atoms with van der Waals surface area (Å²) in [5, 5.41) is 0. The van der Waals surface area contributed by atoms with Crippen molar-refractivity contribution in [2.45, 2.75) is 30.6 Å². The molecule has 4 rings (SSSR count). The van der Waals surface area contributed by atoms with Crippen LogP contribution in [0.25, 0.3) is 0 Å². The third-order valence-electron chi connectivity index (χ3n) is 4.56. The normalized spacial score (nSPS) is 13.4. The van der Waals surface area contributed by atoms with Crippen LogP contribution in [0.2, 0.25) is 0 Å². The van der Waals surface area contributed by atoms with Gasteiger partial charge in [-0.15, -0.1) is 0 Å². The molecule has 3 aromatic rings. The molecule has 2 heterocycles. The highest BCUT2D eigenvalue weighted by atomic mass is 32.2. The van der Waals surface area contributed by atoms with E-state index < -0.39 is 10.0 Å². The fraction of sp³-hybridized carbons (Fsp3) is 0.200. The summed E-state index contributed by atoms with van der Waals surface area (Å²) in [5.74, 6) is 0. The number of sulfonamides is 1. The molecule has 0 atom stereocenters. The highest BCUT2D eigenvalue weighted by Gasteiger charge is 2.21. The van der Waals surface area contributed by atoms with E-state index in [4.69, 9.17) is 0 Å². The molecular formula is C20H19N3O2S. The Morgan fingerprint density at radius 1 is 0.923 bits per heavy atom. The Morgan fingerprint density at radius 2 is 1.77 bits per heavy atom. The lowest BCUT2D eigenvalue weighted by Crippen LogP contribution is -2.16. The maximum atomic E-state index is 12.9. The number of hydrogen-bond acceptors (Lipinski definition) is 4. The molecule has 0 spiro atoms. The van der Waals surface area contributed by atoms with E-state index in [-0.39, 0.29) is 4.90 Å². The zero-order valence-corrected chi connectivity index (χ0v) is 15.0. The van der Waals surface area contributed by atoms with Gasteiger partial charge in [-0.05, 0) is 66.8 Å². The van der Waals surface area contributed by atoms with Gasteiger partial charge in [-0.2, -0.15) is 0 Å². The fourth-order valence-corrected chi connectivity index (χ4v) is 4.56. The second kappa shape index (κ2) is 6.88. The summed E-state index contributed by atoms with van der Waals surface area (Å²) in [4.78, 5) is 8.73. The van der Waals surface area contributed by atoms with E-state index in [1.54, 1.807) is 24.5 Å². The summed E-state index contributed by atoms with van der Waals surface area (Å²) in [7, 11) is -3.72. The van der Waals surface area contributed by atoms with Crippen LogP contribution in [0, 0.1) is 0 Å². The molecule has 0 bridgehead atoms. The van der Waals surface area contributed by atoms with Crippen LogP contribution in [0.4, 0.5) is 5.69 Å². The van der Waals surface area contributed by atoms with Crippen molar-refractivity contribution in [2.75, 3.05) is 4.72 Å². The Kier molecular flexibility index (Phi) is 4.42. The average Bonchev–Trinajstić information content (AvgIpc) is 3.10. The van der Waals surface area contributed by atoms with Gasteiger partial charge in [0, 0.05) is 30.2 Å². The minimum atomic E-state index is -3.72. The predicted octanol–water partition coefficient (Wildman–Crippen LogP) is 3.36. The predicted molar refractivity (Wildman–Crippen MR) is 101 cm³/mol. The molecule has 1 aliphatic rings. The summed E-state index contributed by atoms with van der Waals surface area (Å²) in [6.45, 7) is 0. The highest BCUT2D eigenvalue weighted by molar-refractivity contribution is 7.92. The van der Waals surface area contributed by atoms with Gasteiger partial charge in [-0.1, -0.05) is 12.1 Å². The van der Waals surface area contributed by atoms with Crippen molar-refractivity contribution in [3.8, 4) is 0 Å². The Hall–Kier alpha value is -2.73. The number of aryl methyl sites for hydroxylation is 2. The number of aromatic nitrogens is 2. The third-order valence-corrected chi connectivity index (χ3v) is 6.02. The zero-order valence-electron chi connectivity index (χ0n) is 14.2. The van der Waals surface area contributed by atoms with Crippen LogP contribution in [0.3, 0.4) is 0 Å². The van der Waals surface area contributed by atoms with Crippen molar-refractivity contribution in [3.63, 3.8) is 0 Å². The molecule has 0 saturated carbocycles. The van der Waals surface area contributed by atoms with Gasteiger partial charge in [-0.3, -0.25) is 14.7 Å². The molecule has 0 fully saturated rings. The monoisotopic (exact) mass is 365 g/mol. The molecule has 1 aromatic carbocycles. The van der Waals surface area contributed by atoms with Crippen molar-refractivity contribution in [2.24, 2.45) is 0 Å². The number of fused-ring (bicyclic) bond motifs is 1. The standard InChI is InChI=1S/C20H19N3O2S/c24-26(25,23-18-10-9-15-5-3-6-16(15)13-18)20-8-4-12-22-19(20)14-17-7-1-2-11-21-17/h1-2,4,7-13,23H,3,5-6,14H2. The van der Waals surface area contributed by atoms with Crippen molar-refractivity contribution in [1.29, 1.82) is 0 Å². The lowest BCUT2D eigenvalue weighted by Gasteiger charge is -2.12. The summed E-state index contributed by atoms with van der Waals surface area (Å²) in [6.07, 6.45) is 6.86. The van der Waals surface area contributed by atoms with Gasteiger partial charge in [0.2, 0.25) is 0 Å². The van der Waals surface area contributed by atoms with Crippen LogP contribution >= 0.6 is 0 Å². The van der Waals surface area contributed by atoms with Gasteiger partial charge in [0.15, 0.2) is 0 Å². The van der Waals surface area contributed by atoms with Crippen LogP contribution in [0.1, 0.15) is 28.9 Å². The van der Waals surface area contributed by atoms with Crippen LogP contribution in [-0.4, -0.2) is 18.4 Å². The van der Waals surface area contributed by atoms with Gasteiger partial charge in [0.05, 0.1) is 5.69 Å². The fourth-order valence-electron chi connectivity index (χ4n) is 3.32. The minimum absolute atomic E-state index is 0.186. The van der Waals surface area contributed by atoms with Gasteiger partial charge >= 0.3 is 0 Å². The first kappa shape index (κ1) is 16.7. The molecule has 1 aliphatic carbocycles. The Labute approximate surface area is 153 Å². The number of hydrogen-bond donors (Lipinski definition) is 1. The lowest BCUT2D eigenvalue weighted by atomic mass is 10.1. The first-order valence-corrected chi connectivity index (χ1v) is 10.1. The molecule has 2 aromatic heterocycles. The molecule has 26 heavy (non-hydrogen) atoms. The van der Waals surface area contributed by atoms with E-state index in [0.717, 1.165) is 25.0 Å². The molecular weight excluding hydrogens is 346 g/mol. The first-order valence-electron chi connectivity index (χ1n) is 8.60. The van der Waals surface area contributed by atoms with E-state index in [1.807, 2.05) is 36.4 Å². The quantitative estimate of drug-likeness (QED) is 0.752. The minimum Gasteiger partial charge on any atom is -0.280 e. The van der Waals surface area contributed by atoms with Crippen molar-refractivity contribution in [1.82, 2.24) is 9.97 Å². The molecule has 0 aliphatic heterocycles. The smallest absolute Gasteiger partial charge is 0.263 e. The second-order valence-corrected chi connectivity index (χ2v) is 8.04. The van der Waals surface area contributed by atoms with Crippen LogP contribution in [0.15, 0.2) is 65.8 Å². The maximum absolute atomic E-state index is 12.9. The second-order valence-electron chi connectivity index (χ2n) is 6.39. The number of nitrogens with one attached hydrogen (secondary N) is 1. The van der Waals surface area contributed by atoms with Crippen molar-refractivity contribution in [3.05, 3.63) is 83.4 Å². The van der Waals surface area contributed by atoms with Gasteiger partial charge < -0.3 is 0 Å². The number of pyridine rings is 2. The van der Waals surface area contributed by atoms with Crippen LogP contribution in [-0.2, 0) is 29.3 Å². The van der Waals surface area contributed by atoms with E-state index in [2.05, 4.69) is 14.7 Å². The third kappa shape index (κ3) is 3.46. The maximum Gasteiger partial charge on any atom is 0.263 e. The van der Waals surface area contributed by atoms with E-state index in [9.17, 15) is 8.42 Å². The number of anilines is 1. The van der Waals surface area contributed by atoms with E-state index in [1.165, 1.54) is 11.1 Å². The molecule has 0 saturated heterocycles. The Morgan fingerprint density at radius 3 is 2.62 bits per heavy atom. The molecule has 132 valence electrons. The van der Waals surface area contributed by atoms with Crippen molar-refractivity contribution >= 4 is 15.7 Å². The largest absolute Gasteiger partial charge is 0.280 e. The van der Waals surface area contributed by atoms with Gasteiger partial charge in [0.1, 0.15) is 4.90 Å². The summed E-state index contributed by atoms with van der Waals surface area (Å²) < 4.78 is 28.6. The number of rotatable bonds is 5. The topological polar surface area (TPSA) is 72.0 Å². The molecule has 6 heteroatoms.